The molecule has 0 bridgehead atoms. The number of nitrogens with two attached hydrogens (primary N) is 1. The van der Waals surface area contributed by atoms with Gasteiger partial charge in [-0.25, -0.2) is 0 Å². The zero-order chi connectivity index (χ0) is 25.4. The molecule has 2 aromatic carbocycles. The van der Waals surface area contributed by atoms with Gasteiger partial charge in [0.1, 0.15) is 12.1 Å². The van der Waals surface area contributed by atoms with E-state index in [2.05, 4.69) is 10.6 Å². The maximum absolute atomic E-state index is 13.3. The lowest BCUT2D eigenvalue weighted by atomic mass is 10.00. The van der Waals surface area contributed by atoms with Crippen LogP contribution in [0.5, 0.6) is 0 Å². The number of carbonyl (C=O) groups is 3. The summed E-state index contributed by atoms with van der Waals surface area (Å²) in [7, 11) is 0. The first-order valence-corrected chi connectivity index (χ1v) is 12.6. The molecule has 0 aromatic heterocycles. The molecule has 1 heterocycles. The van der Waals surface area contributed by atoms with Crippen molar-refractivity contribution in [2.45, 2.75) is 64.1 Å². The molecule has 0 saturated carbocycles. The number of likely N-dealkylation sites (tertiary alicyclic amines) is 1. The number of fused-ring (bicyclic) bond motifs is 1. The lowest BCUT2D eigenvalue weighted by Gasteiger charge is -2.29. The minimum absolute atomic E-state index is 0.00213. The van der Waals surface area contributed by atoms with Crippen molar-refractivity contribution in [3.63, 3.8) is 0 Å². The first-order chi connectivity index (χ1) is 16.9. The predicted octanol–water partition coefficient (Wildman–Crippen LogP) is 1.73. The zero-order valence-electron chi connectivity index (χ0n) is 20.7. The van der Waals surface area contributed by atoms with Gasteiger partial charge in [-0.05, 0) is 42.0 Å². The van der Waals surface area contributed by atoms with E-state index in [1.165, 1.54) is 0 Å². The fourth-order valence-electron chi connectivity index (χ4n) is 4.68. The van der Waals surface area contributed by atoms with Crippen molar-refractivity contribution >= 4 is 28.5 Å². The number of hydrogen-bond acceptors (Lipinski definition) is 5. The summed E-state index contributed by atoms with van der Waals surface area (Å²) in [5.74, 6) is -0.802. The Morgan fingerprint density at radius 1 is 1.11 bits per heavy atom. The Morgan fingerprint density at radius 2 is 1.83 bits per heavy atom. The molecule has 1 aliphatic heterocycles. The van der Waals surface area contributed by atoms with Crippen LogP contribution in [0.15, 0.2) is 42.5 Å². The number of rotatable bonds is 11. The maximum Gasteiger partial charge on any atom is 0.243 e. The molecular weight excluding hydrogens is 444 g/mol. The third-order valence-electron chi connectivity index (χ3n) is 6.84. The Morgan fingerprint density at radius 3 is 2.51 bits per heavy atom. The van der Waals surface area contributed by atoms with Crippen molar-refractivity contribution in [2.75, 3.05) is 19.6 Å². The summed E-state index contributed by atoms with van der Waals surface area (Å²) in [5, 5.41) is 17.5. The van der Waals surface area contributed by atoms with Gasteiger partial charge < -0.3 is 26.4 Å². The Kier molecular flexibility index (Phi) is 9.63. The first-order valence-electron chi connectivity index (χ1n) is 12.6. The van der Waals surface area contributed by atoms with Gasteiger partial charge in [-0.1, -0.05) is 56.3 Å². The second-order valence-corrected chi connectivity index (χ2v) is 9.28. The number of benzene rings is 2. The van der Waals surface area contributed by atoms with Crippen LogP contribution >= 0.6 is 0 Å². The second-order valence-electron chi connectivity index (χ2n) is 9.28. The highest BCUT2D eigenvalue weighted by Gasteiger charge is 2.37. The third-order valence-corrected chi connectivity index (χ3v) is 6.84. The summed E-state index contributed by atoms with van der Waals surface area (Å²) in [6.07, 6.45) is 2.22. The normalized spacial score (nSPS) is 17.4. The Hall–Kier alpha value is -2.97. The smallest absolute Gasteiger partial charge is 0.243 e. The number of amides is 3. The van der Waals surface area contributed by atoms with Gasteiger partial charge in [0, 0.05) is 32.0 Å². The summed E-state index contributed by atoms with van der Waals surface area (Å²) >= 11 is 0. The van der Waals surface area contributed by atoms with E-state index in [1.807, 2.05) is 56.3 Å². The van der Waals surface area contributed by atoms with Crippen LogP contribution in [0.4, 0.5) is 0 Å². The van der Waals surface area contributed by atoms with E-state index >= 15 is 0 Å². The standard InChI is InChI=1S/C27H38N4O4/c1-3-19(4-2)27(35)31-13-7-10-24(31)26(34)30-23(25(33)29-17-22(32)16-28)15-18-11-12-20-8-5-6-9-21(20)14-18/h5-6,8-9,11-12,14,19,22-24,32H,3-4,7,10,13,15-17,28H2,1-2H3,(H,29,33)(H,30,34)/t22?,23-,24+/m1/s1. The van der Waals surface area contributed by atoms with E-state index in [0.717, 1.165) is 35.6 Å². The lowest BCUT2D eigenvalue weighted by molar-refractivity contribution is -0.142. The van der Waals surface area contributed by atoms with Crippen LogP contribution < -0.4 is 16.4 Å². The van der Waals surface area contributed by atoms with Crippen LogP contribution in [0.3, 0.4) is 0 Å². The van der Waals surface area contributed by atoms with E-state index in [4.69, 9.17) is 5.73 Å². The molecule has 1 fully saturated rings. The number of nitrogens with zero attached hydrogens (tertiary/aromatic N) is 1. The van der Waals surface area contributed by atoms with Gasteiger partial charge in [0.15, 0.2) is 0 Å². The van der Waals surface area contributed by atoms with Crippen LogP contribution in [0.2, 0.25) is 0 Å². The Bertz CT molecular complexity index is 1020. The molecule has 1 aliphatic rings. The molecule has 8 heteroatoms. The van der Waals surface area contributed by atoms with Crippen molar-refractivity contribution < 1.29 is 19.5 Å². The fourth-order valence-corrected chi connectivity index (χ4v) is 4.68. The maximum atomic E-state index is 13.3. The molecule has 0 radical (unpaired) electrons. The zero-order valence-corrected chi connectivity index (χ0v) is 20.7. The van der Waals surface area contributed by atoms with Crippen molar-refractivity contribution in [2.24, 2.45) is 11.7 Å². The molecule has 1 unspecified atom stereocenters. The van der Waals surface area contributed by atoms with Crippen LogP contribution in [-0.4, -0.2) is 65.5 Å². The SMILES string of the molecule is CCC(CC)C(=O)N1CCC[C@H]1C(=O)N[C@H](Cc1ccc2ccccc2c1)C(=O)NCC(O)CN. The summed E-state index contributed by atoms with van der Waals surface area (Å²) in [6, 6.07) is 12.5. The molecule has 3 atom stereocenters. The van der Waals surface area contributed by atoms with Crippen LogP contribution in [0.1, 0.15) is 45.1 Å². The van der Waals surface area contributed by atoms with Crippen molar-refractivity contribution in [3.8, 4) is 0 Å². The van der Waals surface area contributed by atoms with Crippen LogP contribution in [0, 0.1) is 5.92 Å². The molecule has 1 saturated heterocycles. The van der Waals surface area contributed by atoms with Gasteiger partial charge in [-0.3, -0.25) is 14.4 Å². The van der Waals surface area contributed by atoms with E-state index in [0.29, 0.717) is 13.0 Å². The van der Waals surface area contributed by atoms with E-state index in [-0.39, 0.29) is 37.2 Å². The largest absolute Gasteiger partial charge is 0.390 e. The van der Waals surface area contributed by atoms with Gasteiger partial charge in [-0.15, -0.1) is 0 Å². The molecule has 0 aliphatic carbocycles. The summed E-state index contributed by atoms with van der Waals surface area (Å²) in [5.41, 5.74) is 6.36. The quantitative estimate of drug-likeness (QED) is 0.388. The molecule has 0 spiro atoms. The van der Waals surface area contributed by atoms with E-state index in [9.17, 15) is 19.5 Å². The number of aliphatic hydroxyl groups excluding tert-OH is 1. The second kappa shape index (κ2) is 12.7. The summed E-state index contributed by atoms with van der Waals surface area (Å²) < 4.78 is 0. The minimum Gasteiger partial charge on any atom is -0.390 e. The lowest BCUT2D eigenvalue weighted by Crippen LogP contribution is -2.55. The first kappa shape index (κ1) is 26.6. The highest BCUT2D eigenvalue weighted by atomic mass is 16.3. The molecular formula is C27H38N4O4. The molecule has 3 amide bonds. The summed E-state index contributed by atoms with van der Waals surface area (Å²) in [4.78, 5) is 41.0. The predicted molar refractivity (Wildman–Crippen MR) is 136 cm³/mol. The van der Waals surface area contributed by atoms with Crippen molar-refractivity contribution in [1.82, 2.24) is 15.5 Å². The average Bonchev–Trinajstić information content (AvgIpc) is 3.37. The van der Waals surface area contributed by atoms with Gasteiger partial charge in [0.05, 0.1) is 6.10 Å². The topological polar surface area (TPSA) is 125 Å². The molecule has 3 rings (SSSR count). The fraction of sp³-hybridized carbons (Fsp3) is 0.519. The molecule has 2 aromatic rings. The highest BCUT2D eigenvalue weighted by molar-refractivity contribution is 5.93. The number of nitrogens with one attached hydrogen (secondary N) is 2. The van der Waals surface area contributed by atoms with E-state index < -0.39 is 24.1 Å². The van der Waals surface area contributed by atoms with Crippen LogP contribution in [0.25, 0.3) is 10.8 Å². The Labute approximate surface area is 207 Å². The van der Waals surface area contributed by atoms with Gasteiger partial charge >= 0.3 is 0 Å². The van der Waals surface area contributed by atoms with Gasteiger partial charge in [0.2, 0.25) is 17.7 Å². The monoisotopic (exact) mass is 482 g/mol. The molecule has 35 heavy (non-hydrogen) atoms. The van der Waals surface area contributed by atoms with E-state index in [1.54, 1.807) is 4.90 Å². The van der Waals surface area contributed by atoms with Gasteiger partial charge in [0.25, 0.3) is 0 Å². The van der Waals surface area contributed by atoms with Gasteiger partial charge in [-0.2, -0.15) is 0 Å². The minimum atomic E-state index is -0.862. The van der Waals surface area contributed by atoms with Crippen molar-refractivity contribution in [1.29, 1.82) is 0 Å². The number of hydrogen-bond donors (Lipinski definition) is 4. The molecule has 5 N–H and O–H groups in total. The average molecular weight is 483 g/mol. The molecule has 190 valence electrons. The third kappa shape index (κ3) is 6.80. The molecule has 8 nitrogen and oxygen atoms in total. The summed E-state index contributed by atoms with van der Waals surface area (Å²) in [6.45, 7) is 4.55. The van der Waals surface area contributed by atoms with Crippen LogP contribution in [-0.2, 0) is 20.8 Å². The highest BCUT2D eigenvalue weighted by Crippen LogP contribution is 2.23. The van der Waals surface area contributed by atoms with Crippen molar-refractivity contribution in [3.05, 3.63) is 48.0 Å². The Balaban J connectivity index is 1.77. The number of aliphatic hydroxyl groups is 1. The number of carbonyl (C=O) groups excluding carboxylic acids is 3.